The molecule has 1 heterocycles. The van der Waals surface area contributed by atoms with Crippen LogP contribution in [-0.4, -0.2) is 53.3 Å². The maximum Gasteiger partial charge on any atom is 0.469 e. The number of rotatable bonds is 33. The van der Waals surface area contributed by atoms with E-state index in [1.807, 2.05) is 6.08 Å². The van der Waals surface area contributed by atoms with Crippen molar-refractivity contribution in [3.05, 3.63) is 36.5 Å². The maximum atomic E-state index is 12.3. The molecule has 1 rings (SSSR count). The SMILES string of the molecule is CCCCC/C=C\C/C=C\CC1OC1C/C=C\CCCC(=O)OC[C@H](COP(=O)(O)O)OC(=O)CCCCCCCCCCCCCC. The standard InChI is InChI=1S/C38H67O9P/c1-3-5-7-9-11-13-14-15-17-19-21-27-31-38(40)46-34(33-45-48(41,42)43)32-44-37(39)30-26-23-22-25-29-36-35(47-36)28-24-20-18-16-12-10-8-6-4-2/h12,16,20,22,24-25,34-36H,3-11,13-15,17-19,21,23,26-33H2,1-2H3,(H2,41,42,43)/b16-12-,24-20-,25-22-/t34-,35?,36?/m1/s1. The Hall–Kier alpha value is -1.77. The zero-order valence-corrected chi connectivity index (χ0v) is 31.0. The van der Waals surface area contributed by atoms with Gasteiger partial charge in [-0.2, -0.15) is 0 Å². The van der Waals surface area contributed by atoms with Crippen molar-refractivity contribution in [2.75, 3.05) is 13.2 Å². The predicted octanol–water partition coefficient (Wildman–Crippen LogP) is 10.00. The van der Waals surface area contributed by atoms with E-state index in [1.165, 1.54) is 70.6 Å². The number of ether oxygens (including phenoxy) is 3. The second-order valence-corrected chi connectivity index (χ2v) is 14.2. The molecule has 48 heavy (non-hydrogen) atoms. The van der Waals surface area contributed by atoms with E-state index in [4.69, 9.17) is 24.0 Å². The fraction of sp³-hybridized carbons (Fsp3) is 0.789. The van der Waals surface area contributed by atoms with E-state index in [0.29, 0.717) is 12.8 Å². The molecule has 0 aromatic carbocycles. The molecular weight excluding hydrogens is 631 g/mol. The molecule has 9 nitrogen and oxygen atoms in total. The quantitative estimate of drug-likeness (QED) is 0.0226. The molecule has 10 heteroatoms. The van der Waals surface area contributed by atoms with Crippen LogP contribution in [0.3, 0.4) is 0 Å². The van der Waals surface area contributed by atoms with Crippen molar-refractivity contribution in [3.63, 3.8) is 0 Å². The number of epoxide rings is 1. The van der Waals surface area contributed by atoms with E-state index in [9.17, 15) is 14.2 Å². The van der Waals surface area contributed by atoms with Gasteiger partial charge in [0.05, 0.1) is 18.8 Å². The molecule has 1 fully saturated rings. The van der Waals surface area contributed by atoms with Crippen LogP contribution in [-0.2, 0) is 32.9 Å². The molecule has 1 aliphatic rings. The van der Waals surface area contributed by atoms with Gasteiger partial charge in [-0.3, -0.25) is 14.1 Å². The van der Waals surface area contributed by atoms with Gasteiger partial charge < -0.3 is 24.0 Å². The third kappa shape index (κ3) is 29.2. The fourth-order valence-electron chi connectivity index (χ4n) is 5.35. The second kappa shape index (κ2) is 30.1. The molecule has 0 saturated carbocycles. The van der Waals surface area contributed by atoms with Crippen molar-refractivity contribution >= 4 is 19.8 Å². The molecular formula is C38H67O9P. The van der Waals surface area contributed by atoms with E-state index in [1.54, 1.807) is 0 Å². The van der Waals surface area contributed by atoms with E-state index in [0.717, 1.165) is 51.4 Å². The summed E-state index contributed by atoms with van der Waals surface area (Å²) in [5.74, 6) is -0.958. The molecule has 278 valence electrons. The van der Waals surface area contributed by atoms with Gasteiger partial charge in [0.25, 0.3) is 0 Å². The van der Waals surface area contributed by atoms with Gasteiger partial charge >= 0.3 is 19.8 Å². The van der Waals surface area contributed by atoms with Crippen molar-refractivity contribution in [1.82, 2.24) is 0 Å². The first kappa shape index (κ1) is 44.3. The molecule has 0 amide bonds. The monoisotopic (exact) mass is 698 g/mol. The van der Waals surface area contributed by atoms with Gasteiger partial charge in [0.2, 0.25) is 0 Å². The Labute approximate surface area is 291 Å². The van der Waals surface area contributed by atoms with Gasteiger partial charge in [0, 0.05) is 12.8 Å². The average Bonchev–Trinajstić information content (AvgIpc) is 3.81. The summed E-state index contributed by atoms with van der Waals surface area (Å²) in [6.45, 7) is 3.58. The van der Waals surface area contributed by atoms with Gasteiger partial charge in [0.1, 0.15) is 6.61 Å². The van der Waals surface area contributed by atoms with Crippen LogP contribution in [0.5, 0.6) is 0 Å². The van der Waals surface area contributed by atoms with Crippen LogP contribution < -0.4 is 0 Å². The summed E-state index contributed by atoms with van der Waals surface area (Å²) in [6, 6.07) is 0. The Morgan fingerprint density at radius 2 is 1.15 bits per heavy atom. The number of hydrogen-bond donors (Lipinski definition) is 2. The largest absolute Gasteiger partial charge is 0.469 e. The maximum absolute atomic E-state index is 12.3. The Kier molecular flexibility index (Phi) is 27.7. The first-order valence-electron chi connectivity index (χ1n) is 18.9. The normalized spacial score (nSPS) is 17.1. The van der Waals surface area contributed by atoms with Crippen molar-refractivity contribution in [3.8, 4) is 0 Å². The van der Waals surface area contributed by atoms with Crippen LogP contribution in [0.25, 0.3) is 0 Å². The summed E-state index contributed by atoms with van der Waals surface area (Å²) in [6.07, 6.45) is 36.1. The van der Waals surface area contributed by atoms with Crippen LogP contribution in [0.2, 0.25) is 0 Å². The number of esters is 2. The van der Waals surface area contributed by atoms with E-state index in [-0.39, 0.29) is 31.7 Å². The highest BCUT2D eigenvalue weighted by molar-refractivity contribution is 7.46. The topological polar surface area (TPSA) is 132 Å². The summed E-state index contributed by atoms with van der Waals surface area (Å²) in [7, 11) is -4.76. The van der Waals surface area contributed by atoms with Gasteiger partial charge in [-0.1, -0.05) is 134 Å². The number of allylic oxidation sites excluding steroid dienone is 4. The minimum absolute atomic E-state index is 0.184. The molecule has 0 aromatic heterocycles. The summed E-state index contributed by atoms with van der Waals surface area (Å²) >= 11 is 0. The first-order chi connectivity index (χ1) is 23.2. The van der Waals surface area contributed by atoms with E-state index < -0.39 is 32.5 Å². The van der Waals surface area contributed by atoms with Gasteiger partial charge in [-0.05, 0) is 51.4 Å². The second-order valence-electron chi connectivity index (χ2n) is 12.9. The molecule has 0 aliphatic carbocycles. The summed E-state index contributed by atoms with van der Waals surface area (Å²) in [5, 5.41) is 0. The third-order valence-corrected chi connectivity index (χ3v) is 8.80. The molecule has 1 aliphatic heterocycles. The Balaban J connectivity index is 2.15. The van der Waals surface area contributed by atoms with Gasteiger partial charge in [-0.25, -0.2) is 4.57 Å². The Morgan fingerprint density at radius 3 is 1.77 bits per heavy atom. The fourth-order valence-corrected chi connectivity index (χ4v) is 5.71. The molecule has 2 unspecified atom stereocenters. The number of phosphoric acid groups is 1. The molecule has 3 atom stereocenters. The number of carbonyl (C=O) groups is 2. The summed E-state index contributed by atoms with van der Waals surface area (Å²) in [4.78, 5) is 42.7. The average molecular weight is 699 g/mol. The lowest BCUT2D eigenvalue weighted by Gasteiger charge is -2.18. The molecule has 1 saturated heterocycles. The number of hydrogen-bond acceptors (Lipinski definition) is 7. The highest BCUT2D eigenvalue weighted by Gasteiger charge is 2.36. The van der Waals surface area contributed by atoms with Crippen molar-refractivity contribution < 1.29 is 42.7 Å². The van der Waals surface area contributed by atoms with Crippen molar-refractivity contribution in [2.45, 2.75) is 180 Å². The zero-order valence-electron chi connectivity index (χ0n) is 30.1. The van der Waals surface area contributed by atoms with E-state index in [2.05, 4.69) is 48.8 Å². The zero-order chi connectivity index (χ0) is 35.1. The predicted molar refractivity (Wildman–Crippen MR) is 192 cm³/mol. The summed E-state index contributed by atoms with van der Waals surface area (Å²) < 4.78 is 32.0. The van der Waals surface area contributed by atoms with Crippen LogP contribution in [0, 0.1) is 0 Å². The molecule has 0 spiro atoms. The third-order valence-electron chi connectivity index (χ3n) is 8.31. The van der Waals surface area contributed by atoms with Crippen LogP contribution in [0.1, 0.15) is 162 Å². The lowest BCUT2D eigenvalue weighted by Crippen LogP contribution is -2.29. The van der Waals surface area contributed by atoms with Crippen LogP contribution >= 0.6 is 7.82 Å². The molecule has 0 radical (unpaired) electrons. The van der Waals surface area contributed by atoms with Crippen molar-refractivity contribution in [1.29, 1.82) is 0 Å². The summed E-state index contributed by atoms with van der Waals surface area (Å²) in [5.41, 5.74) is 0. The number of unbranched alkanes of at least 4 members (excludes halogenated alkanes) is 15. The minimum Gasteiger partial charge on any atom is -0.462 e. The van der Waals surface area contributed by atoms with Gasteiger partial charge in [0.15, 0.2) is 6.10 Å². The molecule has 0 bridgehead atoms. The Morgan fingerprint density at radius 1 is 0.646 bits per heavy atom. The van der Waals surface area contributed by atoms with Crippen LogP contribution in [0.15, 0.2) is 36.5 Å². The molecule has 2 N–H and O–H groups in total. The smallest absolute Gasteiger partial charge is 0.462 e. The number of carbonyl (C=O) groups excluding carboxylic acids is 2. The van der Waals surface area contributed by atoms with Crippen LogP contribution in [0.4, 0.5) is 0 Å². The van der Waals surface area contributed by atoms with Gasteiger partial charge in [-0.15, -0.1) is 0 Å². The highest BCUT2D eigenvalue weighted by Crippen LogP contribution is 2.36. The van der Waals surface area contributed by atoms with E-state index >= 15 is 0 Å². The lowest BCUT2D eigenvalue weighted by molar-refractivity contribution is -0.161. The lowest BCUT2D eigenvalue weighted by atomic mass is 10.0. The number of phosphoric ester groups is 1. The van der Waals surface area contributed by atoms with Crippen molar-refractivity contribution in [2.24, 2.45) is 0 Å². The first-order valence-corrected chi connectivity index (χ1v) is 20.4. The highest BCUT2D eigenvalue weighted by atomic mass is 31.2. The minimum atomic E-state index is -4.76. The Bertz CT molecular complexity index is 942. The molecule has 0 aromatic rings.